The fourth-order valence-electron chi connectivity index (χ4n) is 3.59. The quantitative estimate of drug-likeness (QED) is 0.834. The monoisotopic (exact) mass is 354 g/mol. The van der Waals surface area contributed by atoms with Crippen molar-refractivity contribution in [3.8, 4) is 6.07 Å². The Balaban J connectivity index is 1.78. The van der Waals surface area contributed by atoms with E-state index in [1.54, 1.807) is 36.1 Å². The number of carbonyl (C=O) groups is 3. The summed E-state index contributed by atoms with van der Waals surface area (Å²) in [6, 6.07) is 8.01. The number of hydrogen-bond acceptors (Lipinski definition) is 4. The van der Waals surface area contributed by atoms with Gasteiger partial charge in [-0.15, -0.1) is 0 Å². The van der Waals surface area contributed by atoms with E-state index in [0.29, 0.717) is 30.1 Å². The molecule has 0 saturated carbocycles. The summed E-state index contributed by atoms with van der Waals surface area (Å²) >= 11 is 0. The predicted molar refractivity (Wildman–Crippen MR) is 93.7 cm³/mol. The van der Waals surface area contributed by atoms with Crippen LogP contribution >= 0.6 is 0 Å². The van der Waals surface area contributed by atoms with Crippen LogP contribution in [0.4, 0.5) is 4.79 Å². The van der Waals surface area contributed by atoms with Crippen LogP contribution in [-0.2, 0) is 15.1 Å². The molecule has 3 rings (SSSR count). The molecule has 7 heteroatoms. The van der Waals surface area contributed by atoms with E-state index in [-0.39, 0.29) is 12.5 Å². The second-order valence-corrected chi connectivity index (χ2v) is 7.23. The van der Waals surface area contributed by atoms with Crippen molar-refractivity contribution in [1.29, 1.82) is 5.26 Å². The smallest absolute Gasteiger partial charge is 0.325 e. The fraction of sp³-hybridized carbons (Fsp3) is 0.474. The number of benzene rings is 1. The van der Waals surface area contributed by atoms with Crippen LogP contribution in [0.2, 0.25) is 0 Å². The molecule has 0 aromatic heterocycles. The number of nitrogens with zero attached hydrogens (tertiary/aromatic N) is 3. The molecule has 4 amide bonds. The summed E-state index contributed by atoms with van der Waals surface area (Å²) in [6.07, 6.45) is 2.02. The molecular weight excluding hydrogens is 332 g/mol. The first-order valence-electron chi connectivity index (χ1n) is 8.77. The third kappa shape index (κ3) is 3.15. The number of piperidine rings is 1. The van der Waals surface area contributed by atoms with Gasteiger partial charge in [-0.1, -0.05) is 19.1 Å². The average Bonchev–Trinajstić information content (AvgIpc) is 2.86. The van der Waals surface area contributed by atoms with Gasteiger partial charge >= 0.3 is 6.03 Å². The predicted octanol–water partition coefficient (Wildman–Crippen LogP) is 1.58. The summed E-state index contributed by atoms with van der Waals surface area (Å²) in [5, 5.41) is 11.7. The molecule has 26 heavy (non-hydrogen) atoms. The fourth-order valence-corrected chi connectivity index (χ4v) is 3.59. The Morgan fingerprint density at radius 1 is 1.42 bits per heavy atom. The highest BCUT2D eigenvalue weighted by molar-refractivity contribution is 6.09. The number of amides is 4. The van der Waals surface area contributed by atoms with Gasteiger partial charge in [0.15, 0.2) is 0 Å². The third-order valence-electron chi connectivity index (χ3n) is 5.15. The Hall–Kier alpha value is -2.88. The second kappa shape index (κ2) is 6.79. The molecule has 2 aliphatic rings. The highest BCUT2D eigenvalue weighted by Crippen LogP contribution is 2.29. The van der Waals surface area contributed by atoms with Gasteiger partial charge in [-0.25, -0.2) is 4.79 Å². The summed E-state index contributed by atoms with van der Waals surface area (Å²) < 4.78 is 0. The van der Waals surface area contributed by atoms with Gasteiger partial charge in [-0.3, -0.25) is 14.5 Å². The molecule has 1 aromatic carbocycles. The number of carbonyl (C=O) groups excluding carboxylic acids is 3. The standard InChI is InChI=1S/C19H22N4O3/c1-13-5-4-8-22(11-13)16(24)12-23-17(25)19(2,21-18(23)26)15-7-3-6-14(9-15)10-20/h3,6-7,9,13H,4-5,8,11-12H2,1-2H3,(H,21,26)/t13-,19-/m0/s1. The Labute approximate surface area is 152 Å². The lowest BCUT2D eigenvalue weighted by atomic mass is 9.91. The van der Waals surface area contributed by atoms with Crippen molar-refractivity contribution in [2.45, 2.75) is 32.2 Å². The van der Waals surface area contributed by atoms with E-state index in [1.165, 1.54) is 0 Å². The first kappa shape index (κ1) is 17.9. The molecule has 2 aliphatic heterocycles. The van der Waals surface area contributed by atoms with Crippen molar-refractivity contribution >= 4 is 17.8 Å². The molecule has 0 aliphatic carbocycles. The maximum Gasteiger partial charge on any atom is 0.325 e. The normalized spacial score (nSPS) is 25.8. The zero-order valence-electron chi connectivity index (χ0n) is 15.0. The first-order chi connectivity index (χ1) is 12.3. The lowest BCUT2D eigenvalue weighted by Gasteiger charge is -2.31. The number of imide groups is 1. The summed E-state index contributed by atoms with van der Waals surface area (Å²) in [7, 11) is 0. The van der Waals surface area contributed by atoms with Crippen LogP contribution in [0.15, 0.2) is 24.3 Å². The van der Waals surface area contributed by atoms with E-state index in [1.807, 2.05) is 6.07 Å². The lowest BCUT2D eigenvalue weighted by Crippen LogP contribution is -2.47. The van der Waals surface area contributed by atoms with E-state index in [0.717, 1.165) is 17.7 Å². The van der Waals surface area contributed by atoms with Crippen LogP contribution < -0.4 is 5.32 Å². The van der Waals surface area contributed by atoms with Crippen LogP contribution in [0.25, 0.3) is 0 Å². The second-order valence-electron chi connectivity index (χ2n) is 7.23. The average molecular weight is 354 g/mol. The zero-order chi connectivity index (χ0) is 18.9. The molecule has 2 atom stereocenters. The van der Waals surface area contributed by atoms with Gasteiger partial charge in [0.2, 0.25) is 5.91 Å². The minimum atomic E-state index is -1.28. The third-order valence-corrected chi connectivity index (χ3v) is 5.15. The van der Waals surface area contributed by atoms with Gasteiger partial charge in [0.05, 0.1) is 11.6 Å². The molecule has 136 valence electrons. The van der Waals surface area contributed by atoms with Crippen LogP contribution in [-0.4, -0.2) is 47.3 Å². The van der Waals surface area contributed by atoms with Gasteiger partial charge in [0.1, 0.15) is 12.1 Å². The Morgan fingerprint density at radius 3 is 2.88 bits per heavy atom. The largest absolute Gasteiger partial charge is 0.341 e. The van der Waals surface area contributed by atoms with Crippen molar-refractivity contribution in [2.75, 3.05) is 19.6 Å². The van der Waals surface area contributed by atoms with Crippen LogP contribution in [0.5, 0.6) is 0 Å². The van der Waals surface area contributed by atoms with Crippen molar-refractivity contribution in [3.63, 3.8) is 0 Å². The van der Waals surface area contributed by atoms with Gasteiger partial charge in [-0.2, -0.15) is 5.26 Å². The minimum Gasteiger partial charge on any atom is -0.341 e. The van der Waals surface area contributed by atoms with Crippen LogP contribution in [0, 0.1) is 17.2 Å². The Bertz CT molecular complexity index is 800. The lowest BCUT2D eigenvalue weighted by molar-refractivity contribution is -0.139. The van der Waals surface area contributed by atoms with E-state index < -0.39 is 17.5 Å². The van der Waals surface area contributed by atoms with E-state index in [2.05, 4.69) is 12.2 Å². The van der Waals surface area contributed by atoms with E-state index >= 15 is 0 Å². The molecular formula is C19H22N4O3. The van der Waals surface area contributed by atoms with Gasteiger partial charge < -0.3 is 10.2 Å². The Kier molecular flexibility index (Phi) is 4.68. The van der Waals surface area contributed by atoms with Crippen molar-refractivity contribution in [2.24, 2.45) is 5.92 Å². The van der Waals surface area contributed by atoms with Gasteiger partial charge in [0.25, 0.3) is 5.91 Å². The van der Waals surface area contributed by atoms with Gasteiger partial charge in [0, 0.05) is 13.1 Å². The maximum absolute atomic E-state index is 12.9. The SMILES string of the molecule is C[C@H]1CCCN(C(=O)CN2C(=O)N[C@@](C)(c3cccc(C#N)c3)C2=O)C1. The summed E-state index contributed by atoms with van der Waals surface area (Å²) in [6.45, 7) is 4.74. The highest BCUT2D eigenvalue weighted by Gasteiger charge is 2.49. The van der Waals surface area contributed by atoms with Crippen molar-refractivity contribution in [1.82, 2.24) is 15.1 Å². The zero-order valence-corrected chi connectivity index (χ0v) is 15.0. The maximum atomic E-state index is 12.9. The van der Waals surface area contributed by atoms with E-state index in [9.17, 15) is 14.4 Å². The van der Waals surface area contributed by atoms with Crippen molar-refractivity contribution < 1.29 is 14.4 Å². The first-order valence-corrected chi connectivity index (χ1v) is 8.77. The minimum absolute atomic E-state index is 0.213. The molecule has 7 nitrogen and oxygen atoms in total. The molecule has 2 fully saturated rings. The van der Waals surface area contributed by atoms with Crippen LogP contribution in [0.3, 0.4) is 0 Å². The number of hydrogen-bond donors (Lipinski definition) is 1. The molecule has 0 radical (unpaired) electrons. The molecule has 2 saturated heterocycles. The number of nitriles is 1. The molecule has 0 bridgehead atoms. The molecule has 1 N–H and O–H groups in total. The number of likely N-dealkylation sites (tertiary alicyclic amines) is 1. The van der Waals surface area contributed by atoms with Crippen molar-refractivity contribution in [3.05, 3.63) is 35.4 Å². The summed E-state index contributed by atoms with van der Waals surface area (Å²) in [5.74, 6) is -0.263. The topological polar surface area (TPSA) is 93.5 Å². The van der Waals surface area contributed by atoms with E-state index in [4.69, 9.17) is 5.26 Å². The molecule has 0 unspecified atom stereocenters. The molecule has 0 spiro atoms. The summed E-state index contributed by atoms with van der Waals surface area (Å²) in [4.78, 5) is 40.5. The van der Waals surface area contributed by atoms with Crippen LogP contribution in [0.1, 0.15) is 37.8 Å². The highest BCUT2D eigenvalue weighted by atomic mass is 16.2. The number of nitrogens with one attached hydrogen (secondary N) is 1. The Morgan fingerprint density at radius 2 is 2.19 bits per heavy atom. The number of urea groups is 1. The summed E-state index contributed by atoms with van der Waals surface area (Å²) in [5.41, 5.74) is -0.349. The molecule has 1 aromatic rings. The molecule has 2 heterocycles. The number of rotatable bonds is 3. The van der Waals surface area contributed by atoms with Gasteiger partial charge in [-0.05, 0) is 43.4 Å².